The third kappa shape index (κ3) is 3.54. The smallest absolute Gasteiger partial charge is 0.255 e. The summed E-state index contributed by atoms with van der Waals surface area (Å²) < 4.78 is 0. The number of thioether (sulfide) groups is 1. The van der Waals surface area contributed by atoms with E-state index in [1.807, 2.05) is 0 Å². The molecule has 0 atom stereocenters. The Balaban J connectivity index is 2.51. The number of hydrogen-bond acceptors (Lipinski definition) is 4. The van der Waals surface area contributed by atoms with Crippen molar-refractivity contribution in [3.8, 4) is 18.2 Å². The number of aromatic hydroxyl groups is 1. The monoisotopic (exact) mass is 210 g/mol. The van der Waals surface area contributed by atoms with Crippen LogP contribution in [0.2, 0.25) is 0 Å². The summed E-state index contributed by atoms with van der Waals surface area (Å²) in [5, 5.41) is 9.44. The van der Waals surface area contributed by atoms with Gasteiger partial charge in [-0.05, 0) is 6.42 Å². The molecule has 0 aliphatic rings. The van der Waals surface area contributed by atoms with Gasteiger partial charge in [0.15, 0.2) is 5.16 Å². The minimum absolute atomic E-state index is 0.256. The number of unbranched alkanes of at least 4 members (excludes halogenated alkanes) is 1. The molecule has 2 N–H and O–H groups in total. The van der Waals surface area contributed by atoms with Crippen LogP contribution in [0, 0.1) is 12.3 Å². The Morgan fingerprint density at radius 3 is 3.14 bits per heavy atom. The molecule has 1 aromatic rings. The Kier molecular flexibility index (Phi) is 4.08. The molecular weight excluding hydrogens is 200 g/mol. The molecule has 4 nitrogen and oxygen atoms in total. The van der Waals surface area contributed by atoms with E-state index in [9.17, 15) is 4.79 Å². The molecule has 0 radical (unpaired) electrons. The molecule has 0 unspecified atom stereocenters. The van der Waals surface area contributed by atoms with Crippen LogP contribution in [0.25, 0.3) is 0 Å². The lowest BCUT2D eigenvalue weighted by Crippen LogP contribution is -2.06. The van der Waals surface area contributed by atoms with Crippen molar-refractivity contribution in [2.24, 2.45) is 0 Å². The van der Waals surface area contributed by atoms with Crippen molar-refractivity contribution >= 4 is 11.8 Å². The molecule has 0 fully saturated rings. The summed E-state index contributed by atoms with van der Waals surface area (Å²) >= 11 is 1.37. The normalized spacial score (nSPS) is 9.64. The van der Waals surface area contributed by atoms with Crippen molar-refractivity contribution in [2.75, 3.05) is 5.75 Å². The predicted octanol–water partition coefficient (Wildman–Crippen LogP) is 0.981. The molecule has 14 heavy (non-hydrogen) atoms. The van der Waals surface area contributed by atoms with Gasteiger partial charge in [-0.2, -0.15) is 4.98 Å². The van der Waals surface area contributed by atoms with Crippen LogP contribution in [0.15, 0.2) is 16.0 Å². The van der Waals surface area contributed by atoms with Crippen LogP contribution < -0.4 is 5.56 Å². The molecule has 0 saturated carbocycles. The second kappa shape index (κ2) is 5.35. The molecule has 0 aromatic carbocycles. The van der Waals surface area contributed by atoms with Crippen LogP contribution in [-0.2, 0) is 0 Å². The highest BCUT2D eigenvalue weighted by Crippen LogP contribution is 2.14. The van der Waals surface area contributed by atoms with E-state index in [0.29, 0.717) is 11.6 Å². The zero-order valence-electron chi connectivity index (χ0n) is 7.49. The van der Waals surface area contributed by atoms with Gasteiger partial charge in [0.05, 0.1) is 6.07 Å². The minimum atomic E-state index is -0.350. The molecule has 0 aliphatic heterocycles. The standard InChI is InChI=1S/C9H10N2O2S/c1-2-3-4-5-14-9-10-7(12)6-8(13)11-9/h1,6H,3-5H2,(H2,10,11,12,13). The van der Waals surface area contributed by atoms with Crippen LogP contribution >= 0.6 is 11.8 Å². The second-order valence-electron chi connectivity index (χ2n) is 2.56. The average Bonchev–Trinajstić information content (AvgIpc) is 2.11. The highest BCUT2D eigenvalue weighted by atomic mass is 32.2. The van der Waals surface area contributed by atoms with Crippen LogP contribution in [-0.4, -0.2) is 20.8 Å². The van der Waals surface area contributed by atoms with Crippen molar-refractivity contribution in [1.29, 1.82) is 0 Å². The largest absolute Gasteiger partial charge is 0.493 e. The fourth-order valence-corrected chi connectivity index (χ4v) is 1.65. The zero-order chi connectivity index (χ0) is 10.4. The highest BCUT2D eigenvalue weighted by molar-refractivity contribution is 7.99. The number of nitrogens with zero attached hydrogens (tertiary/aromatic N) is 1. The lowest BCUT2D eigenvalue weighted by Gasteiger charge is -1.98. The Hall–Kier alpha value is -1.41. The predicted molar refractivity (Wildman–Crippen MR) is 55.3 cm³/mol. The van der Waals surface area contributed by atoms with E-state index in [1.165, 1.54) is 11.8 Å². The first-order chi connectivity index (χ1) is 6.72. The van der Waals surface area contributed by atoms with Crippen molar-refractivity contribution in [3.63, 3.8) is 0 Å². The average molecular weight is 210 g/mol. The molecule has 1 heterocycles. The van der Waals surface area contributed by atoms with E-state index in [-0.39, 0.29) is 11.4 Å². The number of terminal acetylenes is 1. The van der Waals surface area contributed by atoms with E-state index in [1.54, 1.807) is 0 Å². The number of rotatable bonds is 4. The second-order valence-corrected chi connectivity index (χ2v) is 3.65. The van der Waals surface area contributed by atoms with Crippen molar-refractivity contribution in [1.82, 2.24) is 9.97 Å². The van der Waals surface area contributed by atoms with E-state index < -0.39 is 0 Å². The number of H-pyrrole nitrogens is 1. The molecular formula is C9H10N2O2S. The maximum absolute atomic E-state index is 10.9. The zero-order valence-corrected chi connectivity index (χ0v) is 8.30. The summed E-state index contributed by atoms with van der Waals surface area (Å²) in [6.45, 7) is 0. The third-order valence-electron chi connectivity index (χ3n) is 1.41. The quantitative estimate of drug-likeness (QED) is 0.336. The summed E-state index contributed by atoms with van der Waals surface area (Å²) in [6.07, 6.45) is 6.65. The molecule has 0 spiro atoms. The summed E-state index contributed by atoms with van der Waals surface area (Å²) in [5.41, 5.74) is -0.350. The minimum Gasteiger partial charge on any atom is -0.493 e. The van der Waals surface area contributed by atoms with Gasteiger partial charge in [-0.15, -0.1) is 12.3 Å². The Morgan fingerprint density at radius 2 is 2.50 bits per heavy atom. The fraction of sp³-hybridized carbons (Fsp3) is 0.333. The molecule has 0 saturated heterocycles. The summed E-state index contributed by atoms with van der Waals surface area (Å²) in [7, 11) is 0. The van der Waals surface area contributed by atoms with Gasteiger partial charge in [-0.25, -0.2) is 0 Å². The number of aromatic amines is 1. The molecule has 0 amide bonds. The van der Waals surface area contributed by atoms with Crippen LogP contribution in [0.3, 0.4) is 0 Å². The maximum Gasteiger partial charge on any atom is 0.255 e. The van der Waals surface area contributed by atoms with Gasteiger partial charge in [-0.3, -0.25) is 4.79 Å². The molecule has 1 aromatic heterocycles. The van der Waals surface area contributed by atoms with Gasteiger partial charge in [0, 0.05) is 12.2 Å². The summed E-state index contributed by atoms with van der Waals surface area (Å²) in [4.78, 5) is 17.2. The van der Waals surface area contributed by atoms with E-state index in [4.69, 9.17) is 11.5 Å². The van der Waals surface area contributed by atoms with E-state index in [0.717, 1.165) is 18.2 Å². The Labute approximate surface area is 85.8 Å². The van der Waals surface area contributed by atoms with Gasteiger partial charge in [0.25, 0.3) is 5.56 Å². The van der Waals surface area contributed by atoms with E-state index in [2.05, 4.69) is 15.9 Å². The van der Waals surface area contributed by atoms with Crippen molar-refractivity contribution < 1.29 is 5.11 Å². The van der Waals surface area contributed by atoms with Gasteiger partial charge >= 0.3 is 0 Å². The first kappa shape index (κ1) is 10.7. The lowest BCUT2D eigenvalue weighted by molar-refractivity contribution is 0.444. The van der Waals surface area contributed by atoms with Crippen molar-refractivity contribution in [2.45, 2.75) is 18.0 Å². The number of nitrogens with one attached hydrogen (secondary N) is 1. The first-order valence-corrected chi connectivity index (χ1v) is 5.07. The molecule has 1 rings (SSSR count). The molecule has 74 valence electrons. The molecule has 0 bridgehead atoms. The highest BCUT2D eigenvalue weighted by Gasteiger charge is 1.99. The van der Waals surface area contributed by atoms with Crippen LogP contribution in [0.5, 0.6) is 5.88 Å². The van der Waals surface area contributed by atoms with Crippen LogP contribution in [0.4, 0.5) is 0 Å². The number of aromatic nitrogens is 2. The summed E-state index contributed by atoms with van der Waals surface area (Å²) in [6, 6.07) is 1.03. The van der Waals surface area contributed by atoms with Gasteiger partial charge in [0.1, 0.15) is 0 Å². The van der Waals surface area contributed by atoms with Crippen LogP contribution in [0.1, 0.15) is 12.8 Å². The van der Waals surface area contributed by atoms with Gasteiger partial charge < -0.3 is 10.1 Å². The molecule has 0 aliphatic carbocycles. The first-order valence-electron chi connectivity index (χ1n) is 4.09. The molecule has 5 heteroatoms. The van der Waals surface area contributed by atoms with Gasteiger partial charge in [-0.1, -0.05) is 11.8 Å². The summed E-state index contributed by atoms with van der Waals surface area (Å²) in [5.74, 6) is 3.04. The van der Waals surface area contributed by atoms with Gasteiger partial charge in [0.2, 0.25) is 5.88 Å². The van der Waals surface area contributed by atoms with Crippen molar-refractivity contribution in [3.05, 3.63) is 16.4 Å². The van der Waals surface area contributed by atoms with E-state index >= 15 is 0 Å². The Bertz CT molecular complexity index is 395. The fourth-order valence-electron chi connectivity index (χ4n) is 0.834. The number of hydrogen-bond donors (Lipinski definition) is 2. The SMILES string of the molecule is C#CCCCSc1nc(O)cc(=O)[nH]1. The topological polar surface area (TPSA) is 66.0 Å². The maximum atomic E-state index is 10.9. The lowest BCUT2D eigenvalue weighted by atomic mass is 10.4. The third-order valence-corrected chi connectivity index (χ3v) is 2.37. The Morgan fingerprint density at radius 1 is 1.71 bits per heavy atom.